The molecular formula is C51H30N4O2. The molecule has 4 aromatic heterocycles. The van der Waals surface area contributed by atoms with E-state index < -0.39 is 0 Å². The van der Waals surface area contributed by atoms with Crippen molar-refractivity contribution in [1.82, 2.24) is 19.5 Å². The van der Waals surface area contributed by atoms with E-state index in [4.69, 9.17) is 23.8 Å². The molecule has 0 spiro atoms. The lowest BCUT2D eigenvalue weighted by Crippen LogP contribution is -2.00. The summed E-state index contributed by atoms with van der Waals surface area (Å²) >= 11 is 0. The first-order valence-corrected chi connectivity index (χ1v) is 19.0. The highest BCUT2D eigenvalue weighted by molar-refractivity contribution is 6.17. The van der Waals surface area contributed by atoms with E-state index >= 15 is 0 Å². The monoisotopic (exact) mass is 730 g/mol. The molecule has 0 bridgehead atoms. The summed E-state index contributed by atoms with van der Waals surface area (Å²) in [6, 6.07) is 62.7. The van der Waals surface area contributed by atoms with Gasteiger partial charge in [0.25, 0.3) is 0 Å². The van der Waals surface area contributed by atoms with Crippen LogP contribution in [0.4, 0.5) is 0 Å². The van der Waals surface area contributed by atoms with Gasteiger partial charge in [-0.05, 0) is 83.9 Å². The lowest BCUT2D eigenvalue weighted by Gasteiger charge is -2.10. The maximum atomic E-state index is 6.57. The van der Waals surface area contributed by atoms with E-state index in [0.29, 0.717) is 17.5 Å². The summed E-state index contributed by atoms with van der Waals surface area (Å²) in [5.74, 6) is 1.76. The fourth-order valence-corrected chi connectivity index (χ4v) is 8.33. The molecule has 0 amide bonds. The minimum absolute atomic E-state index is 0.579. The van der Waals surface area contributed by atoms with Gasteiger partial charge in [0.05, 0.1) is 11.0 Å². The molecule has 0 saturated carbocycles. The quantitative estimate of drug-likeness (QED) is 0.176. The average molecular weight is 731 g/mol. The number of hydrogen-bond acceptors (Lipinski definition) is 5. The Bertz CT molecular complexity index is 3530. The van der Waals surface area contributed by atoms with Crippen molar-refractivity contribution in [3.8, 4) is 51.0 Å². The van der Waals surface area contributed by atoms with E-state index in [9.17, 15) is 0 Å². The topological polar surface area (TPSA) is 69.9 Å². The lowest BCUT2D eigenvalue weighted by atomic mass is 10.0. The third-order valence-electron chi connectivity index (χ3n) is 11.0. The van der Waals surface area contributed by atoms with E-state index in [1.165, 1.54) is 10.8 Å². The van der Waals surface area contributed by atoms with Crippen molar-refractivity contribution in [2.75, 3.05) is 0 Å². The van der Waals surface area contributed by atoms with Crippen molar-refractivity contribution in [2.24, 2.45) is 0 Å². The number of aromatic nitrogens is 4. The Labute approximate surface area is 325 Å². The largest absolute Gasteiger partial charge is 0.456 e. The fraction of sp³-hybridized carbons (Fsp3) is 0. The van der Waals surface area contributed by atoms with Crippen LogP contribution < -0.4 is 0 Å². The van der Waals surface area contributed by atoms with Crippen molar-refractivity contribution < 1.29 is 8.83 Å². The van der Waals surface area contributed by atoms with E-state index in [0.717, 1.165) is 88.4 Å². The highest BCUT2D eigenvalue weighted by Gasteiger charge is 2.19. The van der Waals surface area contributed by atoms with Crippen LogP contribution in [0.5, 0.6) is 0 Å². The molecule has 12 rings (SSSR count). The molecule has 8 aromatic carbocycles. The molecule has 0 aliphatic heterocycles. The predicted octanol–water partition coefficient (Wildman–Crippen LogP) is 13.4. The molecule has 0 N–H and O–H groups in total. The number of nitrogens with zero attached hydrogens (tertiary/aromatic N) is 4. The first-order chi connectivity index (χ1) is 28.2. The molecule has 6 nitrogen and oxygen atoms in total. The zero-order valence-electron chi connectivity index (χ0n) is 30.4. The second-order valence-electron chi connectivity index (χ2n) is 14.4. The number of benzene rings is 8. The smallest absolute Gasteiger partial charge is 0.164 e. The van der Waals surface area contributed by atoms with Gasteiger partial charge >= 0.3 is 0 Å². The summed E-state index contributed by atoms with van der Waals surface area (Å²) in [5, 5.41) is 6.47. The van der Waals surface area contributed by atoms with Crippen LogP contribution in [0.3, 0.4) is 0 Å². The minimum atomic E-state index is 0.579. The maximum Gasteiger partial charge on any atom is 0.164 e. The number of furan rings is 2. The molecule has 266 valence electrons. The highest BCUT2D eigenvalue weighted by Crippen LogP contribution is 2.40. The molecule has 0 saturated heterocycles. The molecule has 0 fully saturated rings. The SMILES string of the molecule is c1ccc(-c2cccc(-c3nc(-c4ccc5oc6ccccc6c5c4)nc(-c4ccc5oc6cc7c(cc6c5c4)c4ccccc4n7-c4ccccc4)n3)c2)cc1. The van der Waals surface area contributed by atoms with Crippen LogP contribution in [-0.2, 0) is 0 Å². The van der Waals surface area contributed by atoms with Crippen LogP contribution in [0, 0.1) is 0 Å². The number of fused-ring (bicyclic) bond motifs is 9. The lowest BCUT2D eigenvalue weighted by molar-refractivity contribution is 0.668. The Morgan fingerprint density at radius 2 is 0.825 bits per heavy atom. The van der Waals surface area contributed by atoms with Crippen molar-refractivity contribution in [3.05, 3.63) is 182 Å². The second-order valence-corrected chi connectivity index (χ2v) is 14.4. The summed E-state index contributed by atoms with van der Waals surface area (Å²) < 4.78 is 15.0. The fourth-order valence-electron chi connectivity index (χ4n) is 8.33. The molecule has 4 heterocycles. The normalized spacial score (nSPS) is 11.9. The Morgan fingerprint density at radius 3 is 1.56 bits per heavy atom. The van der Waals surface area contributed by atoms with Gasteiger partial charge in [-0.2, -0.15) is 0 Å². The standard InChI is InChI=1S/C51H30N4O2/c1-3-12-31(13-4-1)32-14-11-15-33(26-32)49-52-50(34-22-24-46-40(27-34)38-19-8-10-21-45(38)56-46)54-51(53-49)35-23-25-47-41(28-35)42-29-39-37-18-7-9-20-43(37)55(36-16-5-2-6-17-36)44(39)30-48(42)57-47/h1-30H. The van der Waals surface area contributed by atoms with Crippen LogP contribution in [0.2, 0.25) is 0 Å². The summed E-state index contributed by atoms with van der Waals surface area (Å²) in [5.41, 5.74) is 11.5. The van der Waals surface area contributed by atoms with Gasteiger partial charge in [0.2, 0.25) is 0 Å². The maximum absolute atomic E-state index is 6.57. The van der Waals surface area contributed by atoms with E-state index in [-0.39, 0.29) is 0 Å². The van der Waals surface area contributed by atoms with Gasteiger partial charge in [0, 0.05) is 60.8 Å². The molecule has 6 heteroatoms. The van der Waals surface area contributed by atoms with E-state index in [1.54, 1.807) is 0 Å². The van der Waals surface area contributed by atoms with Gasteiger partial charge in [-0.3, -0.25) is 0 Å². The molecule has 57 heavy (non-hydrogen) atoms. The van der Waals surface area contributed by atoms with Gasteiger partial charge in [-0.25, -0.2) is 15.0 Å². The second kappa shape index (κ2) is 12.3. The van der Waals surface area contributed by atoms with Crippen molar-refractivity contribution in [1.29, 1.82) is 0 Å². The Kier molecular flexibility index (Phi) is 6.83. The van der Waals surface area contributed by atoms with Gasteiger partial charge in [0.15, 0.2) is 17.5 Å². The highest BCUT2D eigenvalue weighted by atomic mass is 16.3. The number of hydrogen-bond donors (Lipinski definition) is 0. The Balaban J connectivity index is 1.06. The minimum Gasteiger partial charge on any atom is -0.456 e. The van der Waals surface area contributed by atoms with Crippen LogP contribution in [-0.4, -0.2) is 19.5 Å². The van der Waals surface area contributed by atoms with E-state index in [2.05, 4.69) is 132 Å². The number of rotatable bonds is 5. The zero-order valence-corrected chi connectivity index (χ0v) is 30.4. The number of para-hydroxylation sites is 3. The van der Waals surface area contributed by atoms with E-state index in [1.807, 2.05) is 54.6 Å². The van der Waals surface area contributed by atoms with Crippen molar-refractivity contribution in [3.63, 3.8) is 0 Å². The molecular weight excluding hydrogens is 701 g/mol. The molecule has 0 aliphatic carbocycles. The summed E-state index contributed by atoms with van der Waals surface area (Å²) in [4.78, 5) is 15.4. The van der Waals surface area contributed by atoms with Crippen molar-refractivity contribution >= 4 is 65.7 Å². The van der Waals surface area contributed by atoms with Gasteiger partial charge in [0.1, 0.15) is 22.3 Å². The molecule has 0 aliphatic rings. The third-order valence-corrected chi connectivity index (χ3v) is 11.0. The third kappa shape index (κ3) is 5.08. The van der Waals surface area contributed by atoms with Gasteiger partial charge in [-0.15, -0.1) is 0 Å². The Hall–Kier alpha value is -7.83. The predicted molar refractivity (Wildman–Crippen MR) is 230 cm³/mol. The average Bonchev–Trinajstić information content (AvgIpc) is 3.94. The molecule has 12 aromatic rings. The van der Waals surface area contributed by atoms with Gasteiger partial charge < -0.3 is 13.4 Å². The van der Waals surface area contributed by atoms with Crippen LogP contribution in [0.1, 0.15) is 0 Å². The summed E-state index contributed by atoms with van der Waals surface area (Å²) in [7, 11) is 0. The van der Waals surface area contributed by atoms with Crippen LogP contribution in [0.15, 0.2) is 191 Å². The molecule has 0 radical (unpaired) electrons. The molecule has 0 atom stereocenters. The van der Waals surface area contributed by atoms with Crippen LogP contribution >= 0.6 is 0 Å². The Morgan fingerprint density at radius 1 is 0.298 bits per heavy atom. The molecule has 0 unspecified atom stereocenters. The first-order valence-electron chi connectivity index (χ1n) is 19.0. The van der Waals surface area contributed by atoms with Crippen LogP contribution in [0.25, 0.3) is 117 Å². The summed E-state index contributed by atoms with van der Waals surface area (Å²) in [6.07, 6.45) is 0. The zero-order chi connectivity index (χ0) is 37.5. The van der Waals surface area contributed by atoms with Gasteiger partial charge in [-0.1, -0.05) is 103 Å². The first kappa shape index (κ1) is 31.5. The van der Waals surface area contributed by atoms with Crippen molar-refractivity contribution in [2.45, 2.75) is 0 Å². The summed E-state index contributed by atoms with van der Waals surface area (Å²) in [6.45, 7) is 0.